The van der Waals surface area contributed by atoms with Gasteiger partial charge in [-0.2, -0.15) is 0 Å². The van der Waals surface area contributed by atoms with Crippen LogP contribution in [0.25, 0.3) is 10.9 Å². The molecule has 30 heavy (non-hydrogen) atoms. The van der Waals surface area contributed by atoms with Crippen LogP contribution in [0.5, 0.6) is 5.75 Å². The van der Waals surface area contributed by atoms with Crippen molar-refractivity contribution < 1.29 is 23.8 Å². The van der Waals surface area contributed by atoms with Crippen LogP contribution in [-0.4, -0.2) is 35.6 Å². The molecule has 7 heteroatoms. The van der Waals surface area contributed by atoms with Gasteiger partial charge in [0.25, 0.3) is 5.91 Å². The van der Waals surface area contributed by atoms with Crippen molar-refractivity contribution in [1.82, 2.24) is 10.3 Å². The highest BCUT2D eigenvalue weighted by molar-refractivity contribution is 6.11. The number of esters is 1. The zero-order valence-corrected chi connectivity index (χ0v) is 17.0. The van der Waals surface area contributed by atoms with E-state index in [0.717, 1.165) is 11.1 Å². The Morgan fingerprint density at radius 2 is 1.83 bits per heavy atom. The molecule has 0 saturated carbocycles. The van der Waals surface area contributed by atoms with E-state index in [1.54, 1.807) is 24.4 Å². The van der Waals surface area contributed by atoms with Gasteiger partial charge in [-0.3, -0.25) is 9.78 Å². The molecule has 3 rings (SSSR count). The second-order valence-corrected chi connectivity index (χ2v) is 7.46. The molecule has 2 aromatic carbocycles. The highest BCUT2D eigenvalue weighted by Gasteiger charge is 2.22. The van der Waals surface area contributed by atoms with Crippen molar-refractivity contribution in [2.24, 2.45) is 5.92 Å². The van der Waals surface area contributed by atoms with Crippen molar-refractivity contribution in [2.75, 3.05) is 13.7 Å². The number of hydrogen-bond donors (Lipinski definition) is 2. The summed E-state index contributed by atoms with van der Waals surface area (Å²) in [7, 11) is 1.20. The molecule has 2 N–H and O–H groups in total. The molecular formula is C23H23FN2O4. The van der Waals surface area contributed by atoms with Crippen LogP contribution in [-0.2, 0) is 11.2 Å². The van der Waals surface area contributed by atoms with Crippen LogP contribution < -0.4 is 5.32 Å². The van der Waals surface area contributed by atoms with Crippen LogP contribution in [0, 0.1) is 11.7 Å². The molecule has 3 aromatic rings. The molecular weight excluding hydrogens is 387 g/mol. The fraction of sp³-hybridized carbons (Fsp3) is 0.261. The molecule has 0 radical (unpaired) electrons. The van der Waals surface area contributed by atoms with E-state index in [1.807, 2.05) is 13.8 Å². The van der Waals surface area contributed by atoms with Gasteiger partial charge in [0, 0.05) is 23.7 Å². The lowest BCUT2D eigenvalue weighted by molar-refractivity contribution is 0.0597. The number of pyridine rings is 1. The average molecular weight is 410 g/mol. The summed E-state index contributed by atoms with van der Waals surface area (Å²) in [6.07, 6.45) is 2.03. The summed E-state index contributed by atoms with van der Waals surface area (Å²) in [4.78, 5) is 29.2. The average Bonchev–Trinajstić information content (AvgIpc) is 2.73. The topological polar surface area (TPSA) is 88.5 Å². The minimum Gasteiger partial charge on any atom is -0.505 e. The van der Waals surface area contributed by atoms with Gasteiger partial charge >= 0.3 is 5.97 Å². The number of carbonyl (C=O) groups excluding carboxylic acids is 2. The maximum absolute atomic E-state index is 13.2. The molecule has 0 spiro atoms. The van der Waals surface area contributed by atoms with Crippen molar-refractivity contribution in [2.45, 2.75) is 20.3 Å². The van der Waals surface area contributed by atoms with Crippen molar-refractivity contribution in [3.8, 4) is 5.75 Å². The third-order valence-electron chi connectivity index (χ3n) is 4.64. The summed E-state index contributed by atoms with van der Waals surface area (Å²) in [5, 5.41) is 13.8. The number of fused-ring (bicyclic) bond motifs is 1. The van der Waals surface area contributed by atoms with E-state index in [9.17, 15) is 19.1 Å². The van der Waals surface area contributed by atoms with Crippen LogP contribution in [0.4, 0.5) is 4.39 Å². The molecule has 0 aliphatic carbocycles. The lowest BCUT2D eigenvalue weighted by Crippen LogP contribution is -2.27. The smallest absolute Gasteiger partial charge is 0.341 e. The SMILES string of the molecule is COC(=O)c1cc(C(=O)NCC(C)C)c2cc(Cc3ccc(F)cc3)cnc2c1O. The molecule has 0 fully saturated rings. The summed E-state index contributed by atoms with van der Waals surface area (Å²) in [6, 6.07) is 9.17. The molecule has 1 aromatic heterocycles. The maximum atomic E-state index is 13.2. The Morgan fingerprint density at radius 1 is 1.13 bits per heavy atom. The molecule has 0 unspecified atom stereocenters. The number of aromatic hydroxyl groups is 1. The van der Waals surface area contributed by atoms with Gasteiger partial charge in [0.2, 0.25) is 0 Å². The van der Waals surface area contributed by atoms with E-state index in [4.69, 9.17) is 4.74 Å². The van der Waals surface area contributed by atoms with E-state index in [2.05, 4.69) is 10.3 Å². The highest BCUT2D eigenvalue weighted by Crippen LogP contribution is 2.32. The van der Waals surface area contributed by atoms with Gasteiger partial charge in [-0.15, -0.1) is 0 Å². The molecule has 6 nitrogen and oxygen atoms in total. The Balaban J connectivity index is 2.10. The number of aromatic nitrogens is 1. The Bertz CT molecular complexity index is 1090. The van der Waals surface area contributed by atoms with Gasteiger partial charge in [0.15, 0.2) is 5.75 Å². The van der Waals surface area contributed by atoms with Crippen LogP contribution in [0.1, 0.15) is 45.7 Å². The number of halogens is 1. The lowest BCUT2D eigenvalue weighted by atomic mass is 9.98. The fourth-order valence-corrected chi connectivity index (χ4v) is 3.10. The normalized spacial score (nSPS) is 11.0. The number of amides is 1. The van der Waals surface area contributed by atoms with Gasteiger partial charge < -0.3 is 15.2 Å². The summed E-state index contributed by atoms with van der Waals surface area (Å²) >= 11 is 0. The molecule has 0 bridgehead atoms. The second-order valence-electron chi connectivity index (χ2n) is 7.46. The number of methoxy groups -OCH3 is 1. The van der Waals surface area contributed by atoms with Crippen molar-refractivity contribution >= 4 is 22.8 Å². The summed E-state index contributed by atoms with van der Waals surface area (Å²) < 4.78 is 17.9. The van der Waals surface area contributed by atoms with Crippen LogP contribution in [0.2, 0.25) is 0 Å². The fourth-order valence-electron chi connectivity index (χ4n) is 3.10. The van der Waals surface area contributed by atoms with E-state index < -0.39 is 5.97 Å². The first kappa shape index (κ1) is 21.2. The number of carbonyl (C=O) groups is 2. The molecule has 0 aliphatic heterocycles. The molecule has 0 atom stereocenters. The second kappa shape index (κ2) is 8.90. The lowest BCUT2D eigenvalue weighted by Gasteiger charge is -2.14. The first-order valence-corrected chi connectivity index (χ1v) is 9.55. The van der Waals surface area contributed by atoms with Crippen molar-refractivity contribution in [1.29, 1.82) is 0 Å². The third kappa shape index (κ3) is 4.56. The van der Waals surface area contributed by atoms with Crippen molar-refractivity contribution in [3.63, 3.8) is 0 Å². The number of phenolic OH excluding ortho intramolecular Hbond substituents is 1. The van der Waals surface area contributed by atoms with E-state index in [1.165, 1.54) is 25.3 Å². The quantitative estimate of drug-likeness (QED) is 0.603. The zero-order chi connectivity index (χ0) is 21.8. The standard InChI is InChI=1S/C23H23FN2O4/c1-13(2)11-26-22(28)18-10-19(23(29)30-3)21(27)20-17(18)9-15(12-25-20)8-14-4-6-16(24)7-5-14/h4-7,9-10,12-13,27H,8,11H2,1-3H3,(H,26,28). The van der Waals surface area contributed by atoms with Crippen LogP contribution in [0.3, 0.4) is 0 Å². The zero-order valence-electron chi connectivity index (χ0n) is 17.0. The number of ether oxygens (including phenoxy) is 1. The Kier molecular flexibility index (Phi) is 6.30. The molecule has 1 amide bonds. The van der Waals surface area contributed by atoms with Crippen LogP contribution >= 0.6 is 0 Å². The minimum atomic E-state index is -0.760. The maximum Gasteiger partial charge on any atom is 0.341 e. The molecule has 0 saturated heterocycles. The summed E-state index contributed by atoms with van der Waals surface area (Å²) in [5.41, 5.74) is 1.88. The van der Waals surface area contributed by atoms with Crippen molar-refractivity contribution in [3.05, 3.63) is 70.7 Å². The Morgan fingerprint density at radius 3 is 2.47 bits per heavy atom. The van der Waals surface area contributed by atoms with E-state index in [0.29, 0.717) is 18.4 Å². The molecule has 1 heterocycles. The predicted molar refractivity (Wildman–Crippen MR) is 111 cm³/mol. The minimum absolute atomic E-state index is 0.126. The number of benzene rings is 2. The van der Waals surface area contributed by atoms with E-state index in [-0.39, 0.29) is 40.0 Å². The number of hydrogen-bond acceptors (Lipinski definition) is 5. The van der Waals surface area contributed by atoms with Gasteiger partial charge in [-0.25, -0.2) is 9.18 Å². The first-order chi connectivity index (χ1) is 14.3. The molecule has 156 valence electrons. The van der Waals surface area contributed by atoms with Gasteiger partial charge in [-0.05, 0) is 47.7 Å². The largest absolute Gasteiger partial charge is 0.505 e. The Labute approximate surface area is 173 Å². The third-order valence-corrected chi connectivity index (χ3v) is 4.64. The number of rotatable bonds is 6. The van der Waals surface area contributed by atoms with Gasteiger partial charge in [-0.1, -0.05) is 26.0 Å². The van der Waals surface area contributed by atoms with E-state index >= 15 is 0 Å². The summed E-state index contributed by atoms with van der Waals surface area (Å²) in [5.74, 6) is -1.56. The monoisotopic (exact) mass is 410 g/mol. The van der Waals surface area contributed by atoms with Crippen LogP contribution in [0.15, 0.2) is 42.6 Å². The number of nitrogens with one attached hydrogen (secondary N) is 1. The number of phenols is 1. The number of nitrogens with zero attached hydrogens (tertiary/aromatic N) is 1. The summed E-state index contributed by atoms with van der Waals surface area (Å²) in [6.45, 7) is 4.40. The first-order valence-electron chi connectivity index (χ1n) is 9.55. The highest BCUT2D eigenvalue weighted by atomic mass is 19.1. The van der Waals surface area contributed by atoms with Gasteiger partial charge in [0.1, 0.15) is 16.9 Å². The van der Waals surface area contributed by atoms with Gasteiger partial charge in [0.05, 0.1) is 7.11 Å². The molecule has 0 aliphatic rings. The predicted octanol–water partition coefficient (Wildman–Crippen LogP) is 3.84. The Hall–Kier alpha value is -3.48.